The quantitative estimate of drug-likeness (QED) is 0.606. The maximum Gasteiger partial charge on any atom is 0.191 e. The van der Waals surface area contributed by atoms with Gasteiger partial charge in [0.25, 0.3) is 0 Å². The molecule has 1 aromatic carbocycles. The van der Waals surface area contributed by atoms with Crippen LogP contribution in [0, 0.1) is 23.7 Å². The molecule has 2 N–H and O–H groups in total. The molecule has 4 fully saturated rings. The Balaban J connectivity index is 1.36. The average molecular weight is 342 g/mol. The smallest absolute Gasteiger partial charge is 0.191 e. The summed E-state index contributed by atoms with van der Waals surface area (Å²) in [6, 6.07) is 8.47. The first-order chi connectivity index (χ1) is 11.6. The molecule has 1 aromatic rings. The van der Waals surface area contributed by atoms with Crippen LogP contribution in [0.25, 0.3) is 0 Å². The van der Waals surface area contributed by atoms with Gasteiger partial charge in [0.05, 0.1) is 0 Å². The van der Waals surface area contributed by atoms with Crippen LogP contribution in [0.1, 0.15) is 57.4 Å². The molecule has 0 saturated heterocycles. The largest absolute Gasteiger partial charge is 0.331 e. The van der Waals surface area contributed by atoms with Gasteiger partial charge >= 0.3 is 0 Å². The van der Waals surface area contributed by atoms with E-state index in [4.69, 9.17) is 17.3 Å². The fourth-order valence-electron chi connectivity index (χ4n) is 5.08. The van der Waals surface area contributed by atoms with Crippen molar-refractivity contribution in [1.29, 1.82) is 0 Å². The Hall–Kier alpha value is -1.42. The van der Waals surface area contributed by atoms with E-state index in [-0.39, 0.29) is 0 Å². The molecule has 0 atom stereocenters. The van der Waals surface area contributed by atoms with E-state index in [1.807, 2.05) is 0 Å². The van der Waals surface area contributed by atoms with Crippen LogP contribution in [0.2, 0.25) is 0 Å². The Bertz CT molecular complexity index is 617. The molecule has 0 radical (unpaired) electrons. The van der Waals surface area contributed by atoms with Gasteiger partial charge in [0.1, 0.15) is 0 Å². The second-order valence-corrected chi connectivity index (χ2v) is 8.59. The van der Waals surface area contributed by atoms with Crippen molar-refractivity contribution in [1.82, 2.24) is 5.43 Å². The number of hydrogen-bond donors (Lipinski definition) is 2. The first kappa shape index (κ1) is 16.1. The van der Waals surface area contributed by atoms with Crippen LogP contribution >= 0.6 is 12.2 Å². The average Bonchev–Trinajstić information content (AvgIpc) is 2.54. The maximum absolute atomic E-state index is 5.42. The van der Waals surface area contributed by atoms with Gasteiger partial charge in [-0.15, -0.1) is 0 Å². The highest BCUT2D eigenvalue weighted by molar-refractivity contribution is 7.80. The molecule has 4 bridgehead atoms. The second-order valence-electron chi connectivity index (χ2n) is 8.18. The van der Waals surface area contributed by atoms with E-state index >= 15 is 0 Å². The minimum Gasteiger partial charge on any atom is -0.331 e. The normalized spacial score (nSPS) is 30.5. The topological polar surface area (TPSA) is 36.4 Å². The molecule has 0 heterocycles. The van der Waals surface area contributed by atoms with E-state index in [9.17, 15) is 0 Å². The number of nitrogens with one attached hydrogen (secondary N) is 2. The number of anilines is 1. The molecule has 0 aliphatic heterocycles. The molecule has 4 aliphatic carbocycles. The summed E-state index contributed by atoms with van der Waals surface area (Å²) in [7, 11) is 0. The Morgan fingerprint density at radius 1 is 1.00 bits per heavy atom. The minimum atomic E-state index is 0.549. The zero-order valence-electron chi connectivity index (χ0n) is 14.6. The van der Waals surface area contributed by atoms with Crippen LogP contribution in [-0.2, 0) is 0 Å². The summed E-state index contributed by atoms with van der Waals surface area (Å²) in [6.45, 7) is 4.41. The molecule has 24 heavy (non-hydrogen) atoms. The van der Waals surface area contributed by atoms with Crippen molar-refractivity contribution in [3.05, 3.63) is 29.8 Å². The molecule has 0 amide bonds. The first-order valence-corrected chi connectivity index (χ1v) is 9.73. The van der Waals surface area contributed by atoms with Crippen molar-refractivity contribution in [3.63, 3.8) is 0 Å². The van der Waals surface area contributed by atoms with Gasteiger partial charge in [-0.3, -0.25) is 5.43 Å². The van der Waals surface area contributed by atoms with E-state index in [1.165, 1.54) is 43.4 Å². The summed E-state index contributed by atoms with van der Waals surface area (Å²) in [5.74, 6) is 3.91. The van der Waals surface area contributed by atoms with E-state index in [2.05, 4.69) is 48.9 Å². The van der Waals surface area contributed by atoms with Crippen molar-refractivity contribution in [3.8, 4) is 0 Å². The lowest BCUT2D eigenvalue weighted by Gasteiger charge is -2.50. The summed E-state index contributed by atoms with van der Waals surface area (Å²) in [4.78, 5) is 0. The molecule has 3 nitrogen and oxygen atoms in total. The molecular weight excluding hydrogens is 314 g/mol. The molecule has 4 saturated carbocycles. The van der Waals surface area contributed by atoms with Gasteiger partial charge < -0.3 is 5.32 Å². The Morgan fingerprint density at radius 3 is 2.12 bits per heavy atom. The number of benzene rings is 1. The molecular formula is C20H27N3S. The molecule has 128 valence electrons. The lowest BCUT2D eigenvalue weighted by molar-refractivity contribution is 0.108. The summed E-state index contributed by atoms with van der Waals surface area (Å²) in [5.41, 5.74) is 6.85. The van der Waals surface area contributed by atoms with Crippen LogP contribution in [-0.4, -0.2) is 10.8 Å². The zero-order chi connectivity index (χ0) is 16.7. The predicted molar refractivity (Wildman–Crippen MR) is 104 cm³/mol. The highest BCUT2D eigenvalue weighted by Crippen LogP contribution is 2.52. The highest BCUT2D eigenvalue weighted by Gasteiger charge is 2.46. The van der Waals surface area contributed by atoms with Crippen LogP contribution < -0.4 is 10.7 Å². The fraction of sp³-hybridized carbons (Fsp3) is 0.600. The summed E-state index contributed by atoms with van der Waals surface area (Å²) in [5, 5.41) is 8.56. The molecule has 0 aromatic heterocycles. The van der Waals surface area contributed by atoms with Gasteiger partial charge in [0.15, 0.2) is 5.11 Å². The predicted octanol–water partition coefficient (Wildman–Crippen LogP) is 4.91. The molecule has 4 aliphatic rings. The van der Waals surface area contributed by atoms with Crippen LogP contribution in [0.3, 0.4) is 0 Å². The van der Waals surface area contributed by atoms with Crippen LogP contribution in [0.15, 0.2) is 29.4 Å². The van der Waals surface area contributed by atoms with Crippen molar-refractivity contribution in [2.45, 2.75) is 51.9 Å². The number of hydrazone groups is 1. The lowest BCUT2D eigenvalue weighted by atomic mass is 9.55. The Morgan fingerprint density at radius 2 is 1.58 bits per heavy atom. The molecule has 4 heteroatoms. The van der Waals surface area contributed by atoms with Gasteiger partial charge in [0.2, 0.25) is 0 Å². The van der Waals surface area contributed by atoms with Gasteiger partial charge in [-0.25, -0.2) is 0 Å². The Labute approximate surface area is 150 Å². The number of nitrogens with zero attached hydrogens (tertiary/aromatic N) is 1. The lowest BCUT2D eigenvalue weighted by Crippen LogP contribution is -2.46. The fourth-order valence-corrected chi connectivity index (χ4v) is 5.24. The monoisotopic (exact) mass is 341 g/mol. The van der Waals surface area contributed by atoms with E-state index in [0.717, 1.165) is 17.5 Å². The zero-order valence-corrected chi connectivity index (χ0v) is 15.4. The molecule has 5 rings (SSSR count). The van der Waals surface area contributed by atoms with Crippen molar-refractivity contribution < 1.29 is 0 Å². The van der Waals surface area contributed by atoms with Gasteiger partial charge in [0, 0.05) is 11.4 Å². The highest BCUT2D eigenvalue weighted by atomic mass is 32.1. The van der Waals surface area contributed by atoms with Crippen molar-refractivity contribution in [2.75, 3.05) is 5.32 Å². The summed E-state index contributed by atoms with van der Waals surface area (Å²) < 4.78 is 0. The molecule has 0 unspecified atom stereocenters. The number of hydrogen-bond acceptors (Lipinski definition) is 2. The van der Waals surface area contributed by atoms with E-state index in [1.54, 1.807) is 0 Å². The second kappa shape index (κ2) is 6.47. The SMILES string of the molecule is CC(C)c1ccc(NC(=S)NN=C2C3CC4CC(C3)CC2C4)cc1. The third-order valence-electron chi connectivity index (χ3n) is 6.10. The van der Waals surface area contributed by atoms with Gasteiger partial charge in [-0.05, 0) is 91.6 Å². The first-order valence-electron chi connectivity index (χ1n) is 9.33. The third-order valence-corrected chi connectivity index (χ3v) is 6.29. The van der Waals surface area contributed by atoms with Crippen molar-refractivity contribution >= 4 is 28.7 Å². The molecule has 0 spiro atoms. The van der Waals surface area contributed by atoms with E-state index in [0.29, 0.717) is 22.9 Å². The minimum absolute atomic E-state index is 0.549. The third kappa shape index (κ3) is 3.21. The Kier molecular flexibility index (Phi) is 4.33. The van der Waals surface area contributed by atoms with Crippen molar-refractivity contribution in [2.24, 2.45) is 28.8 Å². The van der Waals surface area contributed by atoms with E-state index < -0.39 is 0 Å². The maximum atomic E-state index is 5.42. The van der Waals surface area contributed by atoms with Gasteiger partial charge in [-0.2, -0.15) is 5.10 Å². The standard InChI is InChI=1S/C20H27N3S/c1-12(2)15-3-5-18(6-4-15)21-20(24)23-22-19-16-8-13-7-14(10-16)11-17(19)9-13/h3-6,12-14,16-17H,7-11H2,1-2H3,(H2,21,23,24). The number of rotatable bonds is 3. The summed E-state index contributed by atoms with van der Waals surface area (Å²) in [6.07, 6.45) is 6.88. The van der Waals surface area contributed by atoms with Crippen LogP contribution in [0.5, 0.6) is 0 Å². The summed E-state index contributed by atoms with van der Waals surface area (Å²) >= 11 is 5.42. The van der Waals surface area contributed by atoms with Gasteiger partial charge in [-0.1, -0.05) is 26.0 Å². The van der Waals surface area contributed by atoms with Crippen LogP contribution in [0.4, 0.5) is 5.69 Å². The number of thiocarbonyl (C=S) groups is 1.